The van der Waals surface area contributed by atoms with Crippen molar-refractivity contribution in [3.05, 3.63) is 51.9 Å². The van der Waals surface area contributed by atoms with Crippen LogP contribution < -0.4 is 15.8 Å². The summed E-state index contributed by atoms with van der Waals surface area (Å²) in [5, 5.41) is 13.2. The molecule has 10 heteroatoms. The smallest absolute Gasteiger partial charge is 0.250 e. The van der Waals surface area contributed by atoms with Crippen LogP contribution in [-0.4, -0.2) is 79.5 Å². The predicted molar refractivity (Wildman–Crippen MR) is 179 cm³/mol. The van der Waals surface area contributed by atoms with E-state index in [4.69, 9.17) is 9.84 Å². The molecule has 1 saturated heterocycles. The summed E-state index contributed by atoms with van der Waals surface area (Å²) in [6, 6.07) is 7.77. The van der Waals surface area contributed by atoms with Gasteiger partial charge >= 0.3 is 0 Å². The number of aromatic nitrogens is 3. The van der Waals surface area contributed by atoms with Crippen LogP contribution in [0.25, 0.3) is 11.0 Å². The molecule has 0 bridgehead atoms. The quantitative estimate of drug-likeness (QED) is 0.154. The van der Waals surface area contributed by atoms with E-state index in [1.54, 1.807) is 12.3 Å². The summed E-state index contributed by atoms with van der Waals surface area (Å²) in [4.78, 5) is 29.5. The van der Waals surface area contributed by atoms with Crippen LogP contribution in [-0.2, 0) is 11.3 Å². The largest absolute Gasteiger partial charge is 0.396 e. The average molecular weight is 605 g/mol. The molecule has 0 amide bonds. The molecule has 4 rings (SSSR count). The molecule has 9 nitrogen and oxygen atoms in total. The van der Waals surface area contributed by atoms with Gasteiger partial charge in [-0.3, -0.25) is 4.79 Å². The number of ether oxygens (including phenoxy) is 1. The fourth-order valence-corrected chi connectivity index (χ4v) is 11.6. The molecule has 0 unspecified atom stereocenters. The van der Waals surface area contributed by atoms with E-state index in [1.807, 2.05) is 6.07 Å². The molecule has 232 valence electrons. The Kier molecular flexibility index (Phi) is 11.0. The minimum Gasteiger partial charge on any atom is -0.396 e. The van der Waals surface area contributed by atoms with Crippen molar-refractivity contribution in [2.75, 3.05) is 56.7 Å². The molecule has 2 aromatic heterocycles. The Balaban J connectivity index is 1.64. The summed E-state index contributed by atoms with van der Waals surface area (Å²) in [7, 11) is 0.173. The Morgan fingerprint density at radius 1 is 1.07 bits per heavy atom. The van der Waals surface area contributed by atoms with E-state index in [2.05, 4.69) is 102 Å². The SMILES string of the molecule is CC(C)[Si](C#Cc1cc(=O)[nH]c2nc(Nc3ccc(N4CCN(C)CC4)c(COCCCO)c3)ncc12)(C(C)C)C(C)C. The number of aliphatic hydroxyl groups excluding tert-OH is 1. The number of piperazine rings is 1. The second-order valence-corrected chi connectivity index (χ2v) is 18.1. The zero-order chi connectivity index (χ0) is 31.1. The van der Waals surface area contributed by atoms with Crippen molar-refractivity contribution >= 4 is 36.4 Å². The minimum atomic E-state index is -1.97. The molecule has 1 fully saturated rings. The van der Waals surface area contributed by atoms with Gasteiger partial charge in [0.2, 0.25) is 5.95 Å². The molecular formula is C33H48N6O3Si. The fourth-order valence-electron chi connectivity index (χ4n) is 6.42. The number of hydrogen-bond donors (Lipinski definition) is 3. The van der Waals surface area contributed by atoms with Crippen LogP contribution in [0.5, 0.6) is 0 Å². The summed E-state index contributed by atoms with van der Waals surface area (Å²) in [6.45, 7) is 18.7. The van der Waals surface area contributed by atoms with Gasteiger partial charge in [0.05, 0.1) is 12.0 Å². The van der Waals surface area contributed by atoms with Crippen LogP contribution in [0.2, 0.25) is 16.6 Å². The first-order valence-corrected chi connectivity index (χ1v) is 17.7. The van der Waals surface area contributed by atoms with Gasteiger partial charge in [0.1, 0.15) is 13.7 Å². The first-order valence-electron chi connectivity index (χ1n) is 15.5. The lowest BCUT2D eigenvalue weighted by molar-refractivity contribution is 0.104. The number of pyridine rings is 1. The number of H-pyrrole nitrogens is 1. The second-order valence-electron chi connectivity index (χ2n) is 12.5. The second kappa shape index (κ2) is 14.5. The van der Waals surface area contributed by atoms with E-state index >= 15 is 0 Å². The van der Waals surface area contributed by atoms with E-state index in [1.165, 1.54) is 0 Å². The highest BCUT2D eigenvalue weighted by Crippen LogP contribution is 2.41. The van der Waals surface area contributed by atoms with Gasteiger partial charge in [-0.15, -0.1) is 5.54 Å². The van der Waals surface area contributed by atoms with Crippen molar-refractivity contribution < 1.29 is 9.84 Å². The van der Waals surface area contributed by atoms with Gasteiger partial charge in [0, 0.05) is 74.2 Å². The Hall–Kier alpha value is -3.23. The van der Waals surface area contributed by atoms with Crippen molar-refractivity contribution in [2.45, 2.75) is 71.2 Å². The zero-order valence-corrected chi connectivity index (χ0v) is 27.8. The summed E-state index contributed by atoms with van der Waals surface area (Å²) in [5.41, 5.74) is 9.14. The van der Waals surface area contributed by atoms with Gasteiger partial charge in [0.25, 0.3) is 5.56 Å². The molecule has 3 N–H and O–H groups in total. The van der Waals surface area contributed by atoms with Crippen LogP contribution in [0.1, 0.15) is 59.1 Å². The monoisotopic (exact) mass is 604 g/mol. The molecule has 0 atom stereocenters. The molecule has 3 heterocycles. The van der Waals surface area contributed by atoms with Crippen LogP contribution >= 0.6 is 0 Å². The minimum absolute atomic E-state index is 0.109. The molecule has 1 aliphatic rings. The number of rotatable bonds is 11. The summed E-state index contributed by atoms with van der Waals surface area (Å²) < 4.78 is 5.89. The number of aromatic amines is 1. The highest BCUT2D eigenvalue weighted by molar-refractivity contribution is 6.90. The lowest BCUT2D eigenvalue weighted by atomic mass is 10.1. The zero-order valence-electron chi connectivity index (χ0n) is 26.8. The number of fused-ring (bicyclic) bond motifs is 1. The molecule has 43 heavy (non-hydrogen) atoms. The average Bonchev–Trinajstić information content (AvgIpc) is 2.95. The number of hydrogen-bond acceptors (Lipinski definition) is 8. The van der Waals surface area contributed by atoms with Crippen LogP contribution in [0.15, 0.2) is 35.3 Å². The molecule has 1 aromatic carbocycles. The molecule has 0 spiro atoms. The highest BCUT2D eigenvalue weighted by atomic mass is 28.3. The number of benzene rings is 1. The maximum atomic E-state index is 12.7. The number of aliphatic hydroxyl groups is 1. The van der Waals surface area contributed by atoms with E-state index < -0.39 is 8.07 Å². The van der Waals surface area contributed by atoms with Crippen LogP contribution in [0.3, 0.4) is 0 Å². The summed E-state index contributed by atoms with van der Waals surface area (Å²) in [6.07, 6.45) is 2.35. The Bertz CT molecular complexity index is 1480. The summed E-state index contributed by atoms with van der Waals surface area (Å²) >= 11 is 0. The molecule has 0 radical (unpaired) electrons. The number of nitrogens with zero attached hydrogens (tertiary/aromatic N) is 4. The normalized spacial score (nSPS) is 14.5. The van der Waals surface area contributed by atoms with Crippen LogP contribution in [0, 0.1) is 11.5 Å². The van der Waals surface area contributed by atoms with E-state index in [0.717, 1.165) is 48.5 Å². The highest BCUT2D eigenvalue weighted by Gasteiger charge is 2.41. The van der Waals surface area contributed by atoms with Crippen molar-refractivity contribution in [3.8, 4) is 11.5 Å². The Morgan fingerprint density at radius 3 is 2.42 bits per heavy atom. The van der Waals surface area contributed by atoms with Gasteiger partial charge in [-0.1, -0.05) is 47.5 Å². The molecule has 0 aliphatic carbocycles. The van der Waals surface area contributed by atoms with Gasteiger partial charge in [0.15, 0.2) is 0 Å². The molecule has 3 aromatic rings. The van der Waals surface area contributed by atoms with E-state index in [0.29, 0.717) is 53.4 Å². The molecular weight excluding hydrogens is 556 g/mol. The third-order valence-corrected chi connectivity index (χ3v) is 15.0. The number of likely N-dealkylation sites (N-methyl/N-ethyl adjacent to an activating group) is 1. The third kappa shape index (κ3) is 7.65. The van der Waals surface area contributed by atoms with Gasteiger partial charge in [-0.05, 0) is 48.3 Å². The van der Waals surface area contributed by atoms with Crippen molar-refractivity contribution in [3.63, 3.8) is 0 Å². The first kappa shape index (κ1) is 32.7. The predicted octanol–water partition coefficient (Wildman–Crippen LogP) is 5.28. The van der Waals surface area contributed by atoms with Gasteiger partial charge in [-0.25, -0.2) is 4.98 Å². The van der Waals surface area contributed by atoms with E-state index in [9.17, 15) is 4.79 Å². The first-order chi connectivity index (χ1) is 20.5. The third-order valence-electron chi connectivity index (χ3n) is 8.76. The van der Waals surface area contributed by atoms with Gasteiger partial charge < -0.3 is 29.9 Å². The number of nitrogens with one attached hydrogen (secondary N) is 2. The standard InChI is InChI=1S/C33H48N6O3Si/c1-23(2)43(24(3)4,25(5)6)18-11-26-20-31(41)36-32-29(26)21-34-33(37-32)35-28-9-10-30(39-14-12-38(7)13-15-39)27(19-28)22-42-17-8-16-40/h9-10,19-21,23-25,40H,8,12-17,22H2,1-7H3,(H2,34,35,36,37,41). The molecule has 0 saturated carbocycles. The summed E-state index contributed by atoms with van der Waals surface area (Å²) in [5.74, 6) is 3.80. The van der Waals surface area contributed by atoms with Crippen molar-refractivity contribution in [1.29, 1.82) is 0 Å². The Labute approximate surface area is 257 Å². The van der Waals surface area contributed by atoms with E-state index in [-0.39, 0.29) is 12.2 Å². The maximum absolute atomic E-state index is 12.7. The molecule has 1 aliphatic heterocycles. The lowest BCUT2D eigenvalue weighted by Crippen LogP contribution is -2.44. The van der Waals surface area contributed by atoms with Crippen LogP contribution in [0.4, 0.5) is 17.3 Å². The Morgan fingerprint density at radius 2 is 1.77 bits per heavy atom. The van der Waals surface area contributed by atoms with Crippen molar-refractivity contribution in [1.82, 2.24) is 19.9 Å². The topological polar surface area (TPSA) is 107 Å². The number of anilines is 3. The lowest BCUT2D eigenvalue weighted by Gasteiger charge is -2.38. The maximum Gasteiger partial charge on any atom is 0.250 e. The van der Waals surface area contributed by atoms with Gasteiger partial charge in [-0.2, -0.15) is 4.98 Å². The fraction of sp³-hybridized carbons (Fsp3) is 0.545. The van der Waals surface area contributed by atoms with Crippen molar-refractivity contribution in [2.24, 2.45) is 0 Å².